The smallest absolute Gasteiger partial charge is 0.125 e. The van der Waals surface area contributed by atoms with Crippen LogP contribution in [-0.4, -0.2) is 18.3 Å². The van der Waals surface area contributed by atoms with E-state index in [1.165, 1.54) is 0 Å². The van der Waals surface area contributed by atoms with Gasteiger partial charge in [-0.25, -0.2) is 0 Å². The van der Waals surface area contributed by atoms with Crippen molar-refractivity contribution in [2.24, 2.45) is 5.73 Å². The maximum absolute atomic E-state index is 8.91. The minimum Gasteiger partial charge on any atom is -0.486 e. The molecule has 0 aliphatic rings. The van der Waals surface area contributed by atoms with Crippen molar-refractivity contribution < 1.29 is 9.84 Å². The van der Waals surface area contributed by atoms with Crippen molar-refractivity contribution in [3.63, 3.8) is 0 Å². The second kappa shape index (κ2) is 7.68. The SMILES string of the molecule is NCCC(Oc1ccc(CCO)cc1)c1ccccc1. The van der Waals surface area contributed by atoms with Gasteiger partial charge in [-0.15, -0.1) is 0 Å². The first-order valence-corrected chi connectivity index (χ1v) is 6.95. The number of rotatable bonds is 7. The normalized spacial score (nSPS) is 12.1. The third-order valence-corrected chi connectivity index (χ3v) is 3.20. The molecule has 0 aliphatic heterocycles. The van der Waals surface area contributed by atoms with Gasteiger partial charge in [-0.2, -0.15) is 0 Å². The van der Waals surface area contributed by atoms with Gasteiger partial charge in [0, 0.05) is 13.0 Å². The Morgan fingerprint density at radius 2 is 1.70 bits per heavy atom. The van der Waals surface area contributed by atoms with E-state index in [0.717, 1.165) is 23.3 Å². The molecule has 3 N–H and O–H groups in total. The molecule has 0 fully saturated rings. The quantitative estimate of drug-likeness (QED) is 0.814. The molecule has 1 atom stereocenters. The van der Waals surface area contributed by atoms with Crippen LogP contribution in [0.15, 0.2) is 54.6 Å². The molecule has 2 rings (SSSR count). The van der Waals surface area contributed by atoms with Gasteiger partial charge in [0.2, 0.25) is 0 Å². The Morgan fingerprint density at radius 3 is 2.30 bits per heavy atom. The van der Waals surface area contributed by atoms with Crippen molar-refractivity contribution in [3.05, 3.63) is 65.7 Å². The van der Waals surface area contributed by atoms with Crippen LogP contribution in [0.25, 0.3) is 0 Å². The summed E-state index contributed by atoms with van der Waals surface area (Å²) in [7, 11) is 0. The Bertz CT molecular complexity index is 496. The van der Waals surface area contributed by atoms with Gasteiger partial charge >= 0.3 is 0 Å². The van der Waals surface area contributed by atoms with Crippen LogP contribution in [0.2, 0.25) is 0 Å². The molecule has 3 heteroatoms. The fourth-order valence-corrected chi connectivity index (χ4v) is 2.14. The Hall–Kier alpha value is -1.84. The van der Waals surface area contributed by atoms with E-state index in [1.54, 1.807) is 0 Å². The zero-order chi connectivity index (χ0) is 14.2. The van der Waals surface area contributed by atoms with Gasteiger partial charge in [0.05, 0.1) is 0 Å². The maximum Gasteiger partial charge on any atom is 0.125 e. The van der Waals surface area contributed by atoms with E-state index in [4.69, 9.17) is 15.6 Å². The second-order valence-electron chi connectivity index (χ2n) is 4.71. The fourth-order valence-electron chi connectivity index (χ4n) is 2.14. The average Bonchev–Trinajstić information content (AvgIpc) is 2.50. The van der Waals surface area contributed by atoms with Gasteiger partial charge in [-0.3, -0.25) is 0 Å². The van der Waals surface area contributed by atoms with E-state index >= 15 is 0 Å². The van der Waals surface area contributed by atoms with Crippen molar-refractivity contribution in [1.29, 1.82) is 0 Å². The summed E-state index contributed by atoms with van der Waals surface area (Å²) < 4.78 is 6.03. The fraction of sp³-hybridized carbons (Fsp3) is 0.294. The predicted molar refractivity (Wildman–Crippen MR) is 80.7 cm³/mol. The third kappa shape index (κ3) is 4.08. The molecule has 0 aromatic heterocycles. The predicted octanol–water partition coefficient (Wildman–Crippen LogP) is 2.69. The summed E-state index contributed by atoms with van der Waals surface area (Å²) in [5, 5.41) is 8.91. The number of hydrogen-bond donors (Lipinski definition) is 2. The Kier molecular flexibility index (Phi) is 5.59. The summed E-state index contributed by atoms with van der Waals surface area (Å²) in [6.45, 7) is 0.752. The minimum absolute atomic E-state index is 0.0232. The monoisotopic (exact) mass is 271 g/mol. The lowest BCUT2D eigenvalue weighted by Crippen LogP contribution is -2.13. The summed E-state index contributed by atoms with van der Waals surface area (Å²) >= 11 is 0. The largest absolute Gasteiger partial charge is 0.486 e. The van der Waals surface area contributed by atoms with Crippen LogP contribution in [0.1, 0.15) is 23.7 Å². The van der Waals surface area contributed by atoms with Crippen molar-refractivity contribution >= 4 is 0 Å². The van der Waals surface area contributed by atoms with Crippen LogP contribution in [-0.2, 0) is 6.42 Å². The van der Waals surface area contributed by atoms with Crippen LogP contribution < -0.4 is 10.5 Å². The van der Waals surface area contributed by atoms with Crippen LogP contribution in [0.5, 0.6) is 5.75 Å². The van der Waals surface area contributed by atoms with E-state index in [0.29, 0.717) is 13.0 Å². The number of hydrogen-bond acceptors (Lipinski definition) is 3. The number of nitrogens with two attached hydrogens (primary N) is 1. The Labute approximate surface area is 120 Å². The number of aliphatic hydroxyl groups excluding tert-OH is 1. The highest BCUT2D eigenvalue weighted by molar-refractivity contribution is 5.29. The van der Waals surface area contributed by atoms with E-state index in [2.05, 4.69) is 12.1 Å². The molecule has 2 aromatic rings. The van der Waals surface area contributed by atoms with Crippen molar-refractivity contribution in [2.45, 2.75) is 18.9 Å². The molecule has 0 heterocycles. The molecule has 0 amide bonds. The molecule has 3 nitrogen and oxygen atoms in total. The molecule has 2 aromatic carbocycles. The highest BCUT2D eigenvalue weighted by Gasteiger charge is 2.12. The molecule has 0 bridgehead atoms. The van der Waals surface area contributed by atoms with Crippen LogP contribution in [0, 0.1) is 0 Å². The van der Waals surface area contributed by atoms with Crippen molar-refractivity contribution in [2.75, 3.05) is 13.2 Å². The maximum atomic E-state index is 8.91. The van der Waals surface area contributed by atoms with Gasteiger partial charge in [-0.05, 0) is 36.2 Å². The van der Waals surface area contributed by atoms with Crippen LogP contribution >= 0.6 is 0 Å². The first kappa shape index (κ1) is 14.6. The number of ether oxygens (including phenoxy) is 1. The molecule has 1 unspecified atom stereocenters. The molecule has 106 valence electrons. The number of aliphatic hydroxyl groups is 1. The highest BCUT2D eigenvalue weighted by Crippen LogP contribution is 2.24. The average molecular weight is 271 g/mol. The zero-order valence-electron chi connectivity index (χ0n) is 11.5. The number of benzene rings is 2. The molecule has 0 saturated carbocycles. The molecular formula is C17H21NO2. The molecular weight excluding hydrogens is 250 g/mol. The molecule has 0 spiro atoms. The summed E-state index contributed by atoms with van der Waals surface area (Å²) in [5.74, 6) is 0.828. The summed E-state index contributed by atoms with van der Waals surface area (Å²) in [6.07, 6.45) is 1.43. The highest BCUT2D eigenvalue weighted by atomic mass is 16.5. The minimum atomic E-state index is -0.0232. The second-order valence-corrected chi connectivity index (χ2v) is 4.71. The van der Waals surface area contributed by atoms with E-state index in [9.17, 15) is 0 Å². The van der Waals surface area contributed by atoms with Gasteiger partial charge in [0.25, 0.3) is 0 Å². The lowest BCUT2D eigenvalue weighted by atomic mass is 10.1. The lowest BCUT2D eigenvalue weighted by Gasteiger charge is -2.19. The molecule has 0 aliphatic carbocycles. The van der Waals surface area contributed by atoms with Gasteiger partial charge in [0.1, 0.15) is 11.9 Å². The molecule has 0 radical (unpaired) electrons. The van der Waals surface area contributed by atoms with Crippen LogP contribution in [0.3, 0.4) is 0 Å². The summed E-state index contributed by atoms with van der Waals surface area (Å²) in [4.78, 5) is 0. The standard InChI is InChI=1S/C17H21NO2/c18-12-10-17(15-4-2-1-3-5-15)20-16-8-6-14(7-9-16)11-13-19/h1-9,17,19H,10-13,18H2. The van der Waals surface area contributed by atoms with Gasteiger partial charge in [-0.1, -0.05) is 42.5 Å². The van der Waals surface area contributed by atoms with E-state index in [1.807, 2.05) is 42.5 Å². The molecule has 20 heavy (non-hydrogen) atoms. The topological polar surface area (TPSA) is 55.5 Å². The van der Waals surface area contributed by atoms with Gasteiger partial charge < -0.3 is 15.6 Å². The Balaban J connectivity index is 2.08. The first-order chi connectivity index (χ1) is 9.83. The van der Waals surface area contributed by atoms with Crippen molar-refractivity contribution in [3.8, 4) is 5.75 Å². The Morgan fingerprint density at radius 1 is 1.00 bits per heavy atom. The lowest BCUT2D eigenvalue weighted by molar-refractivity contribution is 0.197. The summed E-state index contributed by atoms with van der Waals surface area (Å²) in [6, 6.07) is 18.0. The summed E-state index contributed by atoms with van der Waals surface area (Å²) in [5.41, 5.74) is 7.92. The van der Waals surface area contributed by atoms with E-state index < -0.39 is 0 Å². The van der Waals surface area contributed by atoms with E-state index in [-0.39, 0.29) is 12.7 Å². The first-order valence-electron chi connectivity index (χ1n) is 6.95. The zero-order valence-corrected chi connectivity index (χ0v) is 11.5. The van der Waals surface area contributed by atoms with Gasteiger partial charge in [0.15, 0.2) is 0 Å². The van der Waals surface area contributed by atoms with Crippen LogP contribution in [0.4, 0.5) is 0 Å². The van der Waals surface area contributed by atoms with Crippen molar-refractivity contribution in [1.82, 2.24) is 0 Å². The third-order valence-electron chi connectivity index (χ3n) is 3.20. The molecule has 0 saturated heterocycles.